The largest absolute Gasteiger partial charge is 0.380 e. The first-order valence-corrected chi connectivity index (χ1v) is 16.1. The van der Waals surface area contributed by atoms with Gasteiger partial charge in [0.15, 0.2) is 11.5 Å². The van der Waals surface area contributed by atoms with Gasteiger partial charge in [0, 0.05) is 16.7 Å². The van der Waals surface area contributed by atoms with E-state index in [9.17, 15) is 23.7 Å². The van der Waals surface area contributed by atoms with E-state index in [-0.39, 0.29) is 38.0 Å². The minimum absolute atomic E-state index is 0.00844. The Morgan fingerprint density at radius 3 is 2.44 bits per heavy atom. The van der Waals surface area contributed by atoms with Crippen LogP contribution in [0, 0.1) is 28.6 Å². The van der Waals surface area contributed by atoms with E-state index in [4.69, 9.17) is 13.8 Å². The Balaban J connectivity index is 1.86. The molecule has 0 saturated heterocycles. The molecule has 0 aromatic rings. The summed E-state index contributed by atoms with van der Waals surface area (Å²) in [5.41, 5.74) is -7.20. The van der Waals surface area contributed by atoms with E-state index in [2.05, 4.69) is 0 Å². The van der Waals surface area contributed by atoms with Crippen molar-refractivity contribution in [3.8, 4) is 0 Å². The fourth-order valence-corrected chi connectivity index (χ4v) is 10.1. The summed E-state index contributed by atoms with van der Waals surface area (Å²) in [7, 11) is -3.80. The third kappa shape index (κ3) is 4.45. The molecule has 0 amide bonds. The van der Waals surface area contributed by atoms with Crippen molar-refractivity contribution in [3.63, 3.8) is 0 Å². The van der Waals surface area contributed by atoms with Crippen LogP contribution >= 0.6 is 19.4 Å². The molecular weight excluding hydrogens is 556 g/mol. The molecule has 12 heteroatoms. The lowest BCUT2D eigenvalue weighted by molar-refractivity contribution is -0.230. The van der Waals surface area contributed by atoms with Crippen LogP contribution < -0.4 is 0 Å². The number of carbonyl (C=O) groups excluding carboxylic acids is 2. The first-order valence-electron chi connectivity index (χ1n) is 13.4. The van der Waals surface area contributed by atoms with Crippen LogP contribution in [0.4, 0.5) is 13.2 Å². The molecule has 4 aliphatic carbocycles. The lowest BCUT2D eigenvalue weighted by Gasteiger charge is -2.63. The van der Waals surface area contributed by atoms with Crippen LogP contribution in [-0.4, -0.2) is 65.1 Å². The number of carbonyl (C=O) groups is 2. The van der Waals surface area contributed by atoms with Crippen LogP contribution in [0.15, 0.2) is 23.8 Å². The van der Waals surface area contributed by atoms with E-state index in [0.717, 1.165) is 6.08 Å². The number of halogens is 3. The summed E-state index contributed by atoms with van der Waals surface area (Å²) in [6.07, 6.45) is -0.174. The highest BCUT2D eigenvalue weighted by atomic mass is 32.2. The SMILES string of the molecule is CCOP(=O)(CO[C@H]1C[C@@]2(C)[C@@H](C[C@@H](C)[C@]2(O)C(=O)SCF)[C@@H]2C[C@H](F)C3=CC(=O)C=C[C@]3(C)[C@@]12F)OCC. The van der Waals surface area contributed by atoms with E-state index in [1.54, 1.807) is 27.7 Å². The molecule has 7 nitrogen and oxygen atoms in total. The number of hydrogen-bond acceptors (Lipinski definition) is 8. The van der Waals surface area contributed by atoms with Crippen molar-refractivity contribution < 1.29 is 46.2 Å². The third-order valence-corrected chi connectivity index (χ3v) is 12.2. The standard InChI is InChI=1S/C27H38F3O7PS/c1-6-36-38(34,37-7-2)15-35-22-13-25(5)18(10-16(3)27(25,33)23(32)39-14-28)19-12-21(29)20-11-17(31)8-9-24(20,4)26(19,22)30/h8-9,11,16,18-19,21-22,33H,6-7,10,12-15H2,1-5H3/t16-,18+,19+,21+,22+,24+,25+,26+,27+/m1/s1. The molecule has 0 aliphatic heterocycles. The third-order valence-electron chi connectivity index (χ3n) is 9.77. The average Bonchev–Trinajstić information content (AvgIpc) is 3.07. The van der Waals surface area contributed by atoms with Gasteiger partial charge in [-0.15, -0.1) is 0 Å². The summed E-state index contributed by atoms with van der Waals surface area (Å²) < 4.78 is 77.2. The van der Waals surface area contributed by atoms with Crippen molar-refractivity contribution in [2.24, 2.45) is 28.6 Å². The highest BCUT2D eigenvalue weighted by Crippen LogP contribution is 2.72. The molecule has 3 saturated carbocycles. The molecule has 4 rings (SSSR count). The Labute approximate surface area is 231 Å². The molecule has 39 heavy (non-hydrogen) atoms. The smallest absolute Gasteiger partial charge is 0.356 e. The molecule has 9 atom stereocenters. The summed E-state index contributed by atoms with van der Waals surface area (Å²) in [5, 5.41) is 11.2. The van der Waals surface area contributed by atoms with Gasteiger partial charge in [-0.1, -0.05) is 31.7 Å². The van der Waals surface area contributed by atoms with Gasteiger partial charge in [0.25, 0.3) is 0 Å². The van der Waals surface area contributed by atoms with Crippen LogP contribution in [0.5, 0.6) is 0 Å². The number of ether oxygens (including phenoxy) is 1. The first kappa shape index (κ1) is 31.0. The monoisotopic (exact) mass is 594 g/mol. The van der Waals surface area contributed by atoms with Crippen LogP contribution in [-0.2, 0) is 27.9 Å². The van der Waals surface area contributed by atoms with Crippen LogP contribution in [0.25, 0.3) is 0 Å². The maximum absolute atomic E-state index is 18.1. The van der Waals surface area contributed by atoms with Crippen molar-refractivity contribution in [1.29, 1.82) is 0 Å². The summed E-state index contributed by atoms with van der Waals surface area (Å²) in [6, 6.07) is -1.03. The Hall–Kier alpha value is -0.970. The summed E-state index contributed by atoms with van der Waals surface area (Å²) >= 11 is 0.358. The minimum atomic E-state index is -3.80. The average molecular weight is 595 g/mol. The molecule has 0 bridgehead atoms. The van der Waals surface area contributed by atoms with Crippen LogP contribution in [0.1, 0.15) is 53.9 Å². The predicted octanol–water partition coefficient (Wildman–Crippen LogP) is 5.72. The fraction of sp³-hybridized carbons (Fsp3) is 0.778. The Kier molecular flexibility index (Phi) is 8.50. The first-order chi connectivity index (χ1) is 18.2. The zero-order valence-corrected chi connectivity index (χ0v) is 24.7. The van der Waals surface area contributed by atoms with Gasteiger partial charge >= 0.3 is 7.60 Å². The number of rotatable bonds is 9. The highest BCUT2D eigenvalue weighted by Gasteiger charge is 2.77. The number of hydrogen-bond donors (Lipinski definition) is 1. The van der Waals surface area contributed by atoms with Gasteiger partial charge in [-0.3, -0.25) is 14.2 Å². The van der Waals surface area contributed by atoms with E-state index in [1.165, 1.54) is 19.1 Å². The van der Waals surface area contributed by atoms with E-state index in [1.807, 2.05) is 0 Å². The second-order valence-corrected chi connectivity index (χ2v) is 14.4. The van der Waals surface area contributed by atoms with Crippen molar-refractivity contribution in [1.82, 2.24) is 0 Å². The number of alkyl halides is 3. The van der Waals surface area contributed by atoms with E-state index < -0.39 is 83.0 Å². The molecule has 4 aliphatic rings. The summed E-state index contributed by atoms with van der Waals surface area (Å²) in [4.78, 5) is 25.4. The molecule has 0 aromatic heterocycles. The molecular formula is C27H38F3O7PS. The maximum Gasteiger partial charge on any atom is 0.356 e. The van der Waals surface area contributed by atoms with E-state index >= 15 is 8.78 Å². The quantitative estimate of drug-likeness (QED) is 0.339. The molecule has 0 heterocycles. The van der Waals surface area contributed by atoms with Gasteiger partial charge in [-0.2, -0.15) is 0 Å². The Bertz CT molecular complexity index is 1110. The van der Waals surface area contributed by atoms with Gasteiger partial charge < -0.3 is 18.9 Å². The lowest BCUT2D eigenvalue weighted by atomic mass is 9.44. The predicted molar refractivity (Wildman–Crippen MR) is 141 cm³/mol. The minimum Gasteiger partial charge on any atom is -0.380 e. The van der Waals surface area contributed by atoms with E-state index in [0.29, 0.717) is 11.8 Å². The second-order valence-electron chi connectivity index (χ2n) is 11.5. The molecule has 0 radical (unpaired) electrons. The molecule has 220 valence electrons. The zero-order chi connectivity index (χ0) is 29.0. The number of thioether (sulfide) groups is 1. The topological polar surface area (TPSA) is 99.1 Å². The maximum atomic E-state index is 18.1. The van der Waals surface area contributed by atoms with Crippen molar-refractivity contribution in [3.05, 3.63) is 23.8 Å². The van der Waals surface area contributed by atoms with Crippen molar-refractivity contribution in [2.75, 3.05) is 25.6 Å². The molecule has 1 N–H and O–H groups in total. The van der Waals surface area contributed by atoms with Gasteiger partial charge in [0.05, 0.1) is 19.3 Å². The van der Waals surface area contributed by atoms with Gasteiger partial charge in [0.2, 0.25) is 5.12 Å². The van der Waals surface area contributed by atoms with Crippen LogP contribution in [0.3, 0.4) is 0 Å². The van der Waals surface area contributed by atoms with Gasteiger partial charge in [0.1, 0.15) is 24.1 Å². The second kappa shape index (κ2) is 10.7. The summed E-state index contributed by atoms with van der Waals surface area (Å²) in [5.74, 6) is -2.79. The van der Waals surface area contributed by atoms with Crippen LogP contribution in [0.2, 0.25) is 0 Å². The number of ketones is 1. The van der Waals surface area contributed by atoms with Gasteiger partial charge in [-0.05, 0) is 69.6 Å². The molecule has 3 fully saturated rings. The zero-order valence-electron chi connectivity index (χ0n) is 23.0. The molecule has 0 aromatic carbocycles. The van der Waals surface area contributed by atoms with Crippen molar-refractivity contribution in [2.45, 2.75) is 77.4 Å². The van der Waals surface area contributed by atoms with Crippen molar-refractivity contribution >= 4 is 30.3 Å². The molecule has 0 unspecified atom stereocenters. The fourth-order valence-electron chi connectivity index (χ4n) is 7.96. The van der Waals surface area contributed by atoms with Gasteiger partial charge in [-0.25, -0.2) is 13.2 Å². The Morgan fingerprint density at radius 2 is 1.85 bits per heavy atom. The summed E-state index contributed by atoms with van der Waals surface area (Å²) in [6.45, 7) is 8.21. The highest BCUT2D eigenvalue weighted by molar-refractivity contribution is 8.13. The normalized spacial score (nSPS) is 43.5. The number of allylic oxidation sites excluding steroid dienone is 4. The number of aliphatic hydroxyl groups is 1. The Morgan fingerprint density at radius 1 is 1.21 bits per heavy atom. The molecule has 0 spiro atoms. The number of fused-ring (bicyclic) bond motifs is 5. The lowest BCUT2D eigenvalue weighted by Crippen LogP contribution is -2.70.